The zero-order valence-corrected chi connectivity index (χ0v) is 26.5. The Kier molecular flexibility index (Phi) is 8.35. The van der Waals surface area contributed by atoms with E-state index in [2.05, 4.69) is 83.0 Å². The van der Waals surface area contributed by atoms with Gasteiger partial charge in [0.25, 0.3) is 5.91 Å². The first-order valence-corrected chi connectivity index (χ1v) is 16.6. The minimum atomic E-state index is -0.152. The molecule has 1 amide bonds. The molecule has 228 valence electrons. The summed E-state index contributed by atoms with van der Waals surface area (Å²) >= 11 is 1.37. The highest BCUT2D eigenvalue weighted by atomic mass is 32.2. The number of carbonyl (C=O) groups is 1. The summed E-state index contributed by atoms with van der Waals surface area (Å²) in [7, 11) is 0. The molecule has 0 bridgehead atoms. The van der Waals surface area contributed by atoms with Crippen molar-refractivity contribution in [1.29, 1.82) is 0 Å². The van der Waals surface area contributed by atoms with Crippen LogP contribution in [-0.4, -0.2) is 37.4 Å². The van der Waals surface area contributed by atoms with Crippen LogP contribution in [0.2, 0.25) is 0 Å². The Morgan fingerprint density at radius 1 is 0.822 bits per heavy atom. The Morgan fingerprint density at radius 3 is 2.02 bits per heavy atom. The highest BCUT2D eigenvalue weighted by Gasteiger charge is 2.35. The van der Waals surface area contributed by atoms with Crippen LogP contribution in [0.25, 0.3) is 6.08 Å². The van der Waals surface area contributed by atoms with Crippen molar-refractivity contribution in [2.75, 3.05) is 31.2 Å². The zero-order chi connectivity index (χ0) is 30.8. The molecule has 7 heteroatoms. The predicted octanol–water partition coefficient (Wildman–Crippen LogP) is 8.25. The molecule has 0 aromatic heterocycles. The van der Waals surface area contributed by atoms with Crippen LogP contribution in [0.3, 0.4) is 0 Å². The Morgan fingerprint density at radius 2 is 1.42 bits per heavy atom. The molecule has 1 fully saturated rings. The minimum Gasteiger partial charge on any atom is -0.490 e. The van der Waals surface area contributed by atoms with E-state index in [4.69, 9.17) is 14.5 Å². The van der Waals surface area contributed by atoms with Crippen LogP contribution >= 0.6 is 11.8 Å². The van der Waals surface area contributed by atoms with Crippen LogP contribution in [0, 0.1) is 0 Å². The van der Waals surface area contributed by atoms with E-state index >= 15 is 0 Å². The number of amides is 1. The van der Waals surface area contributed by atoms with Crippen LogP contribution in [0.4, 0.5) is 11.4 Å². The van der Waals surface area contributed by atoms with Crippen LogP contribution < -0.4 is 19.7 Å². The van der Waals surface area contributed by atoms with Gasteiger partial charge in [0, 0.05) is 30.6 Å². The SMILES string of the molecule is CCOc1ccc(/C=C2\SC(=Nc3cc4c5c(c3)[C@H](c3ccccc3)CCN5CC[C@@H]4c3ccccc3)NC2=O)cc1OCC. The fourth-order valence-corrected chi connectivity index (χ4v) is 7.65. The molecule has 0 unspecified atom stereocenters. The number of rotatable bonds is 8. The molecule has 3 aliphatic rings. The molecule has 6 nitrogen and oxygen atoms in total. The molecular weight excluding hydrogens is 579 g/mol. The van der Waals surface area contributed by atoms with Crippen molar-refractivity contribution >= 4 is 40.3 Å². The number of nitrogens with one attached hydrogen (secondary N) is 1. The average molecular weight is 616 g/mol. The van der Waals surface area contributed by atoms with Gasteiger partial charge in [-0.2, -0.15) is 0 Å². The lowest BCUT2D eigenvalue weighted by Crippen LogP contribution is -2.37. The van der Waals surface area contributed by atoms with E-state index in [1.807, 2.05) is 38.1 Å². The van der Waals surface area contributed by atoms with E-state index < -0.39 is 0 Å². The normalized spacial score (nSPS) is 20.7. The van der Waals surface area contributed by atoms with Crippen LogP contribution in [0.5, 0.6) is 11.5 Å². The lowest BCUT2D eigenvalue weighted by molar-refractivity contribution is -0.115. The molecular formula is C38H37N3O3S. The number of aliphatic imine (C=N–C) groups is 1. The standard InChI is InChI=1S/C38H37N3O3S/c1-3-43-33-16-15-25(21-34(33)44-4-2)22-35-37(42)40-38(45-35)39-28-23-31-29(26-11-7-5-8-12-26)17-19-41-20-18-30(32(24-28)36(31)41)27-13-9-6-10-14-27/h5-16,21-24,29-30H,3-4,17-20H2,1-2H3,(H,39,40,42)/b35-22-/t29-,30+. The minimum absolute atomic E-state index is 0.152. The molecule has 4 aromatic carbocycles. The van der Waals surface area contributed by atoms with Gasteiger partial charge in [-0.1, -0.05) is 66.7 Å². The lowest BCUT2D eigenvalue weighted by Gasteiger charge is -2.43. The summed E-state index contributed by atoms with van der Waals surface area (Å²) in [5.41, 5.74) is 8.43. The maximum atomic E-state index is 13.1. The first-order valence-electron chi connectivity index (χ1n) is 15.8. The number of anilines is 1. The molecule has 2 atom stereocenters. The highest BCUT2D eigenvalue weighted by Crippen LogP contribution is 2.50. The molecule has 45 heavy (non-hydrogen) atoms. The van der Waals surface area contributed by atoms with Crippen LogP contribution in [0.15, 0.2) is 101 Å². The Hall–Kier alpha value is -4.49. The average Bonchev–Trinajstić information content (AvgIpc) is 3.41. The number of ether oxygens (including phenoxy) is 2. The number of amidine groups is 1. The number of hydrogen-bond donors (Lipinski definition) is 1. The van der Waals surface area contributed by atoms with Gasteiger partial charge in [-0.3, -0.25) is 4.79 Å². The van der Waals surface area contributed by atoms with E-state index in [1.165, 1.54) is 39.7 Å². The van der Waals surface area contributed by atoms with Crippen LogP contribution in [-0.2, 0) is 4.79 Å². The molecule has 0 radical (unpaired) electrons. The molecule has 0 aliphatic carbocycles. The summed E-state index contributed by atoms with van der Waals surface area (Å²) in [6.45, 7) is 7.07. The number of benzene rings is 4. The zero-order valence-electron chi connectivity index (χ0n) is 25.7. The van der Waals surface area contributed by atoms with E-state index in [0.29, 0.717) is 46.6 Å². The third-order valence-corrected chi connectivity index (χ3v) is 9.66. The largest absolute Gasteiger partial charge is 0.490 e. The van der Waals surface area contributed by atoms with E-state index in [0.717, 1.165) is 37.2 Å². The second-order valence-electron chi connectivity index (χ2n) is 11.5. The Balaban J connectivity index is 1.26. The fraction of sp³-hybridized carbons (Fsp3) is 0.263. The molecule has 0 spiro atoms. The van der Waals surface area contributed by atoms with Crippen molar-refractivity contribution in [3.8, 4) is 11.5 Å². The Bertz CT molecular complexity index is 1700. The lowest BCUT2D eigenvalue weighted by atomic mass is 9.76. The number of carbonyl (C=O) groups excluding carboxylic acids is 1. The van der Waals surface area contributed by atoms with Gasteiger partial charge < -0.3 is 19.7 Å². The number of nitrogens with zero attached hydrogens (tertiary/aromatic N) is 2. The number of hydrogen-bond acceptors (Lipinski definition) is 6. The second-order valence-corrected chi connectivity index (χ2v) is 12.5. The van der Waals surface area contributed by atoms with Crippen molar-refractivity contribution in [2.24, 2.45) is 4.99 Å². The first kappa shape index (κ1) is 29.2. The summed E-state index contributed by atoms with van der Waals surface area (Å²) in [6, 6.07) is 31.9. The molecule has 7 rings (SSSR count). The smallest absolute Gasteiger partial charge is 0.264 e. The number of thioether (sulfide) groups is 1. The van der Waals surface area contributed by atoms with Crippen molar-refractivity contribution in [3.63, 3.8) is 0 Å². The quantitative estimate of drug-likeness (QED) is 0.202. The monoisotopic (exact) mass is 615 g/mol. The second kappa shape index (κ2) is 12.9. The fourth-order valence-electron chi connectivity index (χ4n) is 6.81. The van der Waals surface area contributed by atoms with Crippen molar-refractivity contribution in [3.05, 3.63) is 124 Å². The first-order chi connectivity index (χ1) is 22.1. The van der Waals surface area contributed by atoms with Crippen molar-refractivity contribution < 1.29 is 14.3 Å². The van der Waals surface area contributed by atoms with Crippen molar-refractivity contribution in [1.82, 2.24) is 5.32 Å². The summed E-state index contributed by atoms with van der Waals surface area (Å²) in [5.74, 6) is 1.81. The Labute approximate surface area is 269 Å². The third kappa shape index (κ3) is 5.97. The van der Waals surface area contributed by atoms with Gasteiger partial charge in [0.05, 0.1) is 23.8 Å². The molecule has 3 heterocycles. The molecule has 3 aliphatic heterocycles. The summed E-state index contributed by atoms with van der Waals surface area (Å²) in [6.07, 6.45) is 4.01. The summed E-state index contributed by atoms with van der Waals surface area (Å²) in [4.78, 5) is 21.3. The van der Waals surface area contributed by atoms with Gasteiger partial charge in [-0.05, 0) is 96.6 Å². The molecule has 4 aromatic rings. The summed E-state index contributed by atoms with van der Waals surface area (Å²) in [5, 5.41) is 3.60. The van der Waals surface area contributed by atoms with Gasteiger partial charge in [0.1, 0.15) is 0 Å². The van der Waals surface area contributed by atoms with Gasteiger partial charge in [-0.15, -0.1) is 0 Å². The predicted molar refractivity (Wildman–Crippen MR) is 184 cm³/mol. The van der Waals surface area contributed by atoms with Gasteiger partial charge in [-0.25, -0.2) is 4.99 Å². The van der Waals surface area contributed by atoms with E-state index in [9.17, 15) is 4.79 Å². The molecule has 1 N–H and O–H groups in total. The van der Waals surface area contributed by atoms with E-state index in [-0.39, 0.29) is 5.91 Å². The highest BCUT2D eigenvalue weighted by molar-refractivity contribution is 8.18. The topological polar surface area (TPSA) is 63.2 Å². The van der Waals surface area contributed by atoms with Gasteiger partial charge >= 0.3 is 0 Å². The van der Waals surface area contributed by atoms with Gasteiger partial charge in [0.15, 0.2) is 16.7 Å². The maximum absolute atomic E-state index is 13.1. The summed E-state index contributed by atoms with van der Waals surface area (Å²) < 4.78 is 11.5. The van der Waals surface area contributed by atoms with Crippen LogP contribution in [0.1, 0.15) is 66.3 Å². The van der Waals surface area contributed by atoms with Gasteiger partial charge in [0.2, 0.25) is 0 Å². The molecule has 0 saturated carbocycles. The molecule has 1 saturated heterocycles. The van der Waals surface area contributed by atoms with E-state index in [1.54, 1.807) is 0 Å². The third-order valence-electron chi connectivity index (χ3n) is 8.75. The van der Waals surface area contributed by atoms with Crippen molar-refractivity contribution in [2.45, 2.75) is 38.5 Å². The maximum Gasteiger partial charge on any atom is 0.264 e.